The van der Waals surface area contributed by atoms with Crippen molar-refractivity contribution in [2.75, 3.05) is 23.9 Å². The van der Waals surface area contributed by atoms with Gasteiger partial charge in [0.15, 0.2) is 9.84 Å². The number of anilines is 1. The van der Waals surface area contributed by atoms with E-state index in [0.29, 0.717) is 18.2 Å². The van der Waals surface area contributed by atoms with Crippen LogP contribution < -0.4 is 5.32 Å². The van der Waals surface area contributed by atoms with Gasteiger partial charge in [0, 0.05) is 24.7 Å². The molecule has 1 saturated heterocycles. The maximum atomic E-state index is 11.5. The highest BCUT2D eigenvalue weighted by molar-refractivity contribution is 7.91. The SMILES string of the molecule is CNc1cc(C(C)C)nc(C2CCS(=O)(=O)C2)n1. The Morgan fingerprint density at radius 1 is 1.39 bits per heavy atom. The van der Waals surface area contributed by atoms with Crippen molar-refractivity contribution in [1.82, 2.24) is 9.97 Å². The first-order chi connectivity index (χ1) is 8.41. The van der Waals surface area contributed by atoms with Gasteiger partial charge in [-0.05, 0) is 12.3 Å². The number of hydrogen-bond donors (Lipinski definition) is 1. The second kappa shape index (κ2) is 4.84. The van der Waals surface area contributed by atoms with Crippen LogP contribution in [0.15, 0.2) is 6.07 Å². The molecule has 1 aliphatic heterocycles. The van der Waals surface area contributed by atoms with Crippen molar-refractivity contribution in [3.8, 4) is 0 Å². The van der Waals surface area contributed by atoms with E-state index in [1.165, 1.54) is 0 Å². The van der Waals surface area contributed by atoms with Crippen LogP contribution in [0.1, 0.15) is 43.6 Å². The third-order valence-electron chi connectivity index (χ3n) is 3.21. The largest absolute Gasteiger partial charge is 0.373 e. The molecule has 1 unspecified atom stereocenters. The minimum atomic E-state index is -2.90. The summed E-state index contributed by atoms with van der Waals surface area (Å²) in [7, 11) is -1.09. The molecule has 2 heterocycles. The maximum absolute atomic E-state index is 11.5. The van der Waals surface area contributed by atoms with Crippen LogP contribution in [0.4, 0.5) is 5.82 Å². The van der Waals surface area contributed by atoms with Crippen LogP contribution >= 0.6 is 0 Å². The third-order valence-corrected chi connectivity index (χ3v) is 4.98. The van der Waals surface area contributed by atoms with Gasteiger partial charge >= 0.3 is 0 Å². The molecule has 1 aromatic rings. The molecule has 100 valence electrons. The standard InChI is InChI=1S/C12H19N3O2S/c1-8(2)10-6-11(13-3)15-12(14-10)9-4-5-18(16,17)7-9/h6,8-9H,4-5,7H2,1-3H3,(H,13,14,15). The molecule has 18 heavy (non-hydrogen) atoms. The predicted molar refractivity (Wildman–Crippen MR) is 71.7 cm³/mol. The number of nitrogens with one attached hydrogen (secondary N) is 1. The molecule has 1 fully saturated rings. The lowest BCUT2D eigenvalue weighted by atomic mass is 10.1. The number of aromatic nitrogens is 2. The smallest absolute Gasteiger partial charge is 0.151 e. The van der Waals surface area contributed by atoms with Crippen LogP contribution in [-0.4, -0.2) is 36.9 Å². The molecule has 1 atom stereocenters. The summed E-state index contributed by atoms with van der Waals surface area (Å²) in [6.07, 6.45) is 0.632. The monoisotopic (exact) mass is 269 g/mol. The first kappa shape index (κ1) is 13.3. The van der Waals surface area contributed by atoms with E-state index in [2.05, 4.69) is 29.1 Å². The second-order valence-electron chi connectivity index (χ2n) is 5.04. The quantitative estimate of drug-likeness (QED) is 0.901. The van der Waals surface area contributed by atoms with Gasteiger partial charge in [0.25, 0.3) is 0 Å². The van der Waals surface area contributed by atoms with E-state index in [1.54, 1.807) is 0 Å². The Balaban J connectivity index is 2.36. The van der Waals surface area contributed by atoms with E-state index in [-0.39, 0.29) is 17.4 Å². The van der Waals surface area contributed by atoms with Crippen molar-refractivity contribution < 1.29 is 8.42 Å². The molecule has 1 aromatic heterocycles. The first-order valence-corrected chi connectivity index (χ1v) is 8.00. The summed E-state index contributed by atoms with van der Waals surface area (Å²) in [6.45, 7) is 4.13. The van der Waals surface area contributed by atoms with Gasteiger partial charge in [0.05, 0.1) is 11.5 Å². The van der Waals surface area contributed by atoms with Gasteiger partial charge in [0.1, 0.15) is 11.6 Å². The zero-order valence-electron chi connectivity index (χ0n) is 11.0. The van der Waals surface area contributed by atoms with Crippen LogP contribution in [0.3, 0.4) is 0 Å². The van der Waals surface area contributed by atoms with Gasteiger partial charge < -0.3 is 5.32 Å². The molecule has 0 aliphatic carbocycles. The van der Waals surface area contributed by atoms with Gasteiger partial charge in [-0.15, -0.1) is 0 Å². The molecule has 1 N–H and O–H groups in total. The Hall–Kier alpha value is -1.17. The van der Waals surface area contributed by atoms with Crippen LogP contribution in [0.25, 0.3) is 0 Å². The molecule has 6 heteroatoms. The van der Waals surface area contributed by atoms with Crippen molar-refractivity contribution in [3.63, 3.8) is 0 Å². The highest BCUT2D eigenvalue weighted by Gasteiger charge is 2.31. The van der Waals surface area contributed by atoms with Crippen LogP contribution in [-0.2, 0) is 9.84 Å². The Bertz CT molecular complexity index is 540. The lowest BCUT2D eigenvalue weighted by molar-refractivity contribution is 0.601. The fraction of sp³-hybridized carbons (Fsp3) is 0.667. The molecule has 0 saturated carbocycles. The highest BCUT2D eigenvalue weighted by Crippen LogP contribution is 2.28. The summed E-state index contributed by atoms with van der Waals surface area (Å²) in [5.74, 6) is 2.09. The van der Waals surface area contributed by atoms with Crippen molar-refractivity contribution >= 4 is 15.7 Å². The van der Waals surface area contributed by atoms with Crippen molar-refractivity contribution in [2.24, 2.45) is 0 Å². The summed E-state index contributed by atoms with van der Waals surface area (Å²) in [5.41, 5.74) is 0.952. The van der Waals surface area contributed by atoms with Crippen molar-refractivity contribution in [3.05, 3.63) is 17.6 Å². The number of hydrogen-bond acceptors (Lipinski definition) is 5. The lowest BCUT2D eigenvalue weighted by Gasteiger charge is -2.12. The molecule has 5 nitrogen and oxygen atoms in total. The Kier molecular flexibility index (Phi) is 3.56. The fourth-order valence-corrected chi connectivity index (χ4v) is 3.83. The number of sulfone groups is 1. The average molecular weight is 269 g/mol. The zero-order valence-corrected chi connectivity index (χ0v) is 11.8. The lowest BCUT2D eigenvalue weighted by Crippen LogP contribution is -2.11. The normalized spacial score (nSPS) is 22.3. The van der Waals surface area contributed by atoms with Crippen LogP contribution in [0, 0.1) is 0 Å². The van der Waals surface area contributed by atoms with E-state index in [9.17, 15) is 8.42 Å². The van der Waals surface area contributed by atoms with Gasteiger partial charge in [-0.25, -0.2) is 18.4 Å². The van der Waals surface area contributed by atoms with Crippen molar-refractivity contribution in [2.45, 2.75) is 32.1 Å². The van der Waals surface area contributed by atoms with E-state index in [1.807, 2.05) is 13.1 Å². The van der Waals surface area contributed by atoms with E-state index in [4.69, 9.17) is 0 Å². The summed E-state index contributed by atoms with van der Waals surface area (Å²) in [6, 6.07) is 1.91. The molecule has 0 bridgehead atoms. The zero-order chi connectivity index (χ0) is 13.3. The van der Waals surface area contributed by atoms with Gasteiger partial charge in [-0.2, -0.15) is 0 Å². The number of rotatable bonds is 3. The third kappa shape index (κ3) is 2.80. The Morgan fingerprint density at radius 3 is 2.61 bits per heavy atom. The Labute approximate surface area is 108 Å². The average Bonchev–Trinajstić information content (AvgIpc) is 2.69. The molecule has 0 aromatic carbocycles. The first-order valence-electron chi connectivity index (χ1n) is 6.18. The van der Waals surface area contributed by atoms with Gasteiger partial charge in [-0.3, -0.25) is 0 Å². The van der Waals surface area contributed by atoms with Crippen LogP contribution in [0.2, 0.25) is 0 Å². The topological polar surface area (TPSA) is 72.0 Å². The van der Waals surface area contributed by atoms with E-state index >= 15 is 0 Å². The second-order valence-corrected chi connectivity index (χ2v) is 7.27. The van der Waals surface area contributed by atoms with E-state index in [0.717, 1.165) is 11.5 Å². The fourth-order valence-electron chi connectivity index (χ4n) is 2.09. The summed E-state index contributed by atoms with van der Waals surface area (Å²) in [5, 5.41) is 3.01. The predicted octanol–water partition coefficient (Wildman–Crippen LogP) is 1.54. The molecule has 0 amide bonds. The van der Waals surface area contributed by atoms with Crippen LogP contribution in [0.5, 0.6) is 0 Å². The maximum Gasteiger partial charge on any atom is 0.151 e. The van der Waals surface area contributed by atoms with Crippen molar-refractivity contribution in [1.29, 1.82) is 0 Å². The van der Waals surface area contributed by atoms with Gasteiger partial charge in [-0.1, -0.05) is 13.8 Å². The molecule has 0 spiro atoms. The minimum absolute atomic E-state index is 0.0548. The van der Waals surface area contributed by atoms with E-state index < -0.39 is 9.84 Å². The molecule has 2 rings (SSSR count). The molecule has 1 aliphatic rings. The summed E-state index contributed by atoms with van der Waals surface area (Å²) >= 11 is 0. The molecular weight excluding hydrogens is 250 g/mol. The summed E-state index contributed by atoms with van der Waals surface area (Å²) in [4.78, 5) is 8.91. The number of nitrogens with zero attached hydrogens (tertiary/aromatic N) is 2. The molecule has 0 radical (unpaired) electrons. The van der Waals surface area contributed by atoms with Gasteiger partial charge in [0.2, 0.25) is 0 Å². The minimum Gasteiger partial charge on any atom is -0.373 e. The summed E-state index contributed by atoms with van der Waals surface area (Å²) < 4.78 is 23.0. The molecular formula is C12H19N3O2S. The highest BCUT2D eigenvalue weighted by atomic mass is 32.2. The Morgan fingerprint density at radius 2 is 2.11 bits per heavy atom.